The first-order valence-corrected chi connectivity index (χ1v) is 13.4. The Kier molecular flexibility index (Phi) is 8.36. The molecule has 1 atom stereocenters. The summed E-state index contributed by atoms with van der Waals surface area (Å²) in [5.74, 6) is -0.975. The van der Waals surface area contributed by atoms with Crippen LogP contribution in [0, 0.1) is 6.92 Å². The van der Waals surface area contributed by atoms with E-state index in [1.807, 2.05) is 85.9 Å². The van der Waals surface area contributed by atoms with Gasteiger partial charge in [-0.15, -0.1) is 0 Å². The van der Waals surface area contributed by atoms with Crippen LogP contribution >= 0.6 is 0 Å². The summed E-state index contributed by atoms with van der Waals surface area (Å²) in [6.07, 6.45) is 4.14. The first-order valence-electron chi connectivity index (χ1n) is 13.4. The second-order valence-electron chi connectivity index (χ2n) is 10.7. The van der Waals surface area contributed by atoms with Gasteiger partial charge in [0.2, 0.25) is 0 Å². The minimum absolute atomic E-state index is 0. The SMILES string of the molecule is Cc1cccc2c1c(Cc1c(-c3ccc4ccccc4c3C(=O)O)nc3ccccn13)cn2CC(O)CN(C)C.[Na]. The third kappa shape index (κ3) is 5.44. The van der Waals surface area contributed by atoms with Gasteiger partial charge in [0.05, 0.1) is 23.1 Å². The molecule has 0 aliphatic rings. The van der Waals surface area contributed by atoms with Crippen LogP contribution in [0.4, 0.5) is 0 Å². The summed E-state index contributed by atoms with van der Waals surface area (Å²) >= 11 is 0. The van der Waals surface area contributed by atoms with Crippen LogP contribution in [-0.2, 0) is 13.0 Å². The number of aryl methyl sites for hydroxylation is 1. The van der Waals surface area contributed by atoms with Gasteiger partial charge in [0.25, 0.3) is 0 Å². The van der Waals surface area contributed by atoms with Crippen LogP contribution in [0.15, 0.2) is 85.2 Å². The fourth-order valence-corrected chi connectivity index (χ4v) is 5.93. The molecule has 0 saturated heterocycles. The monoisotopic (exact) mass is 555 g/mol. The summed E-state index contributed by atoms with van der Waals surface area (Å²) in [6.45, 7) is 3.15. The van der Waals surface area contributed by atoms with Crippen molar-refractivity contribution in [1.82, 2.24) is 18.9 Å². The predicted molar refractivity (Wildman–Crippen MR) is 165 cm³/mol. The Morgan fingerprint density at radius 3 is 2.56 bits per heavy atom. The summed E-state index contributed by atoms with van der Waals surface area (Å²) in [5.41, 5.74) is 6.54. The van der Waals surface area contributed by atoms with Gasteiger partial charge in [-0.2, -0.15) is 0 Å². The van der Waals surface area contributed by atoms with E-state index in [0.29, 0.717) is 36.2 Å². The summed E-state index contributed by atoms with van der Waals surface area (Å²) in [5, 5.41) is 23.8. The molecule has 1 unspecified atom stereocenters. The number of imidazole rings is 1. The topological polar surface area (TPSA) is 83.0 Å². The quantitative estimate of drug-likeness (QED) is 0.251. The molecule has 0 aliphatic heterocycles. The number of aliphatic hydroxyl groups is 1. The third-order valence-corrected chi connectivity index (χ3v) is 7.56. The zero-order chi connectivity index (χ0) is 28.0. The molecule has 0 amide bonds. The predicted octanol–water partition coefficient (Wildman–Crippen LogP) is 5.25. The number of hydrogen-bond acceptors (Lipinski definition) is 4. The fraction of sp³-hybridized carbons (Fsp3) is 0.212. The number of nitrogens with zero attached hydrogens (tertiary/aromatic N) is 4. The van der Waals surface area contributed by atoms with Crippen LogP contribution in [0.3, 0.4) is 0 Å². The second-order valence-corrected chi connectivity index (χ2v) is 10.7. The van der Waals surface area contributed by atoms with Crippen LogP contribution in [0.1, 0.15) is 27.2 Å². The summed E-state index contributed by atoms with van der Waals surface area (Å²) in [4.78, 5) is 19.6. The third-order valence-electron chi connectivity index (χ3n) is 7.56. The number of carbonyl (C=O) groups is 1. The summed E-state index contributed by atoms with van der Waals surface area (Å²) in [6, 6.07) is 23.5. The number of benzene rings is 3. The molecule has 0 fully saturated rings. The largest absolute Gasteiger partial charge is 0.478 e. The zero-order valence-electron chi connectivity index (χ0n) is 23.9. The van der Waals surface area contributed by atoms with E-state index in [1.165, 1.54) is 0 Å². The molecule has 0 spiro atoms. The molecule has 2 N–H and O–H groups in total. The standard InChI is InChI=1S/C33H32N4O3.Na/c1-21-9-8-12-27-30(21)23(18-36(27)20-24(38)19-35(2)3)17-28-32(34-29-13-6-7-16-37(28)29)26-15-14-22-10-4-5-11-25(22)31(26)33(39)40;/h4-16,18,24,38H,17,19-20H2,1-3H3,(H,39,40);. The van der Waals surface area contributed by atoms with Crippen molar-refractivity contribution in [3.63, 3.8) is 0 Å². The van der Waals surface area contributed by atoms with Crippen LogP contribution in [0.5, 0.6) is 0 Å². The van der Waals surface area contributed by atoms with Gasteiger partial charge in [-0.3, -0.25) is 0 Å². The van der Waals surface area contributed by atoms with Crippen molar-refractivity contribution in [3.8, 4) is 11.3 Å². The molecule has 6 rings (SSSR count). The van der Waals surface area contributed by atoms with Crippen LogP contribution < -0.4 is 0 Å². The number of fused-ring (bicyclic) bond motifs is 3. The van der Waals surface area contributed by atoms with Crippen molar-refractivity contribution in [1.29, 1.82) is 0 Å². The van der Waals surface area contributed by atoms with Crippen molar-refractivity contribution in [2.45, 2.75) is 26.0 Å². The van der Waals surface area contributed by atoms with Gasteiger partial charge in [-0.25, -0.2) is 9.78 Å². The minimum atomic E-state index is -0.975. The van der Waals surface area contributed by atoms with E-state index >= 15 is 0 Å². The molecule has 6 aromatic rings. The van der Waals surface area contributed by atoms with Crippen molar-refractivity contribution >= 4 is 62.8 Å². The van der Waals surface area contributed by atoms with E-state index in [9.17, 15) is 15.0 Å². The maximum absolute atomic E-state index is 12.6. The number of aromatic carboxylic acids is 1. The molecule has 0 bridgehead atoms. The Bertz CT molecular complexity index is 1890. The van der Waals surface area contributed by atoms with Crippen molar-refractivity contribution < 1.29 is 15.0 Å². The van der Waals surface area contributed by atoms with E-state index in [1.54, 1.807) is 0 Å². The first kappa shape index (κ1) is 29.0. The minimum Gasteiger partial charge on any atom is -0.478 e. The van der Waals surface area contributed by atoms with Gasteiger partial charge in [0.15, 0.2) is 0 Å². The van der Waals surface area contributed by atoms with E-state index < -0.39 is 12.1 Å². The van der Waals surface area contributed by atoms with Gasteiger partial charge < -0.3 is 24.1 Å². The fourth-order valence-electron chi connectivity index (χ4n) is 5.93. The molecule has 41 heavy (non-hydrogen) atoms. The Hall–Kier alpha value is -3.46. The number of aromatic nitrogens is 3. The molecule has 3 aromatic heterocycles. The van der Waals surface area contributed by atoms with Gasteiger partial charge >= 0.3 is 5.97 Å². The average Bonchev–Trinajstić information content (AvgIpc) is 3.46. The molecular weight excluding hydrogens is 523 g/mol. The average molecular weight is 556 g/mol. The normalized spacial score (nSPS) is 12.3. The molecule has 0 aliphatic carbocycles. The second kappa shape index (κ2) is 11.8. The Morgan fingerprint density at radius 1 is 1.00 bits per heavy atom. The number of pyridine rings is 1. The molecule has 1 radical (unpaired) electrons. The Labute approximate surface area is 261 Å². The summed E-state index contributed by atoms with van der Waals surface area (Å²) in [7, 11) is 3.91. The van der Waals surface area contributed by atoms with Gasteiger partial charge in [-0.1, -0.05) is 54.6 Å². The summed E-state index contributed by atoms with van der Waals surface area (Å²) < 4.78 is 4.19. The number of carboxylic acids is 1. The molecule has 7 nitrogen and oxygen atoms in total. The number of likely N-dealkylation sites (N-methyl/N-ethyl adjacent to an activating group) is 1. The van der Waals surface area contributed by atoms with E-state index in [2.05, 4.69) is 34.2 Å². The maximum atomic E-state index is 12.6. The van der Waals surface area contributed by atoms with Gasteiger partial charge in [0.1, 0.15) is 5.65 Å². The first-order chi connectivity index (χ1) is 19.3. The number of aliphatic hydroxyl groups excluding tert-OH is 1. The van der Waals surface area contributed by atoms with Crippen molar-refractivity contribution in [2.75, 3.05) is 20.6 Å². The molecule has 8 heteroatoms. The molecule has 0 saturated carbocycles. The van der Waals surface area contributed by atoms with Gasteiger partial charge in [0, 0.05) is 77.9 Å². The Morgan fingerprint density at radius 2 is 1.78 bits per heavy atom. The number of rotatable bonds is 8. The van der Waals surface area contributed by atoms with E-state index in [0.717, 1.165) is 38.8 Å². The van der Waals surface area contributed by atoms with E-state index in [-0.39, 0.29) is 35.1 Å². The van der Waals surface area contributed by atoms with Crippen LogP contribution in [0.2, 0.25) is 0 Å². The number of carboxylic acid groups (broad SMARTS) is 1. The van der Waals surface area contributed by atoms with Crippen molar-refractivity contribution in [3.05, 3.63) is 108 Å². The molecule has 3 heterocycles. The van der Waals surface area contributed by atoms with Crippen molar-refractivity contribution in [2.24, 2.45) is 0 Å². The van der Waals surface area contributed by atoms with Crippen LogP contribution in [0.25, 0.3) is 38.6 Å². The molecular formula is C33H32N4NaO3. The molecule has 3 aromatic carbocycles. The van der Waals surface area contributed by atoms with Gasteiger partial charge in [-0.05, 0) is 61.1 Å². The maximum Gasteiger partial charge on any atom is 0.337 e. The zero-order valence-corrected chi connectivity index (χ0v) is 25.9. The number of hydrogen-bond donors (Lipinski definition) is 2. The Balaban J connectivity index is 0.00000337. The van der Waals surface area contributed by atoms with E-state index in [4.69, 9.17) is 4.98 Å². The van der Waals surface area contributed by atoms with Crippen LogP contribution in [-0.4, -0.2) is 91.3 Å². The molecule has 203 valence electrons. The smallest absolute Gasteiger partial charge is 0.337 e.